The van der Waals surface area contributed by atoms with Gasteiger partial charge in [-0.05, 0) is 24.1 Å². The zero-order chi connectivity index (χ0) is 17.7. The van der Waals surface area contributed by atoms with Crippen LogP contribution in [0.5, 0.6) is 0 Å². The number of hydrogen-bond donors (Lipinski definition) is 2. The number of nitrogens with zero attached hydrogens (tertiary/aromatic N) is 1. The Balaban J connectivity index is 3.02. The van der Waals surface area contributed by atoms with Gasteiger partial charge in [-0.1, -0.05) is 25.4 Å². The van der Waals surface area contributed by atoms with Crippen molar-refractivity contribution < 1.29 is 14.4 Å². The lowest BCUT2D eigenvalue weighted by Crippen LogP contribution is -2.46. The van der Waals surface area contributed by atoms with Crippen molar-refractivity contribution >= 4 is 35.0 Å². The zero-order valence-corrected chi connectivity index (χ0v) is 14.7. The average molecular weight is 340 g/mol. The van der Waals surface area contributed by atoms with Crippen molar-refractivity contribution in [3.63, 3.8) is 0 Å². The minimum absolute atomic E-state index is 0.0933. The molecule has 0 heterocycles. The van der Waals surface area contributed by atoms with Gasteiger partial charge in [0, 0.05) is 26.6 Å². The van der Waals surface area contributed by atoms with Gasteiger partial charge in [0.05, 0.1) is 10.7 Å². The van der Waals surface area contributed by atoms with Gasteiger partial charge >= 0.3 is 0 Å². The third-order valence-corrected chi connectivity index (χ3v) is 3.51. The molecule has 0 aliphatic rings. The van der Waals surface area contributed by atoms with E-state index in [0.717, 1.165) is 0 Å². The van der Waals surface area contributed by atoms with Crippen LogP contribution >= 0.6 is 11.6 Å². The number of amides is 3. The summed E-state index contributed by atoms with van der Waals surface area (Å²) < 4.78 is 0. The van der Waals surface area contributed by atoms with Crippen LogP contribution in [0.1, 0.15) is 31.1 Å². The molecule has 0 spiro atoms. The van der Waals surface area contributed by atoms with E-state index in [0.29, 0.717) is 16.3 Å². The molecule has 6 nitrogen and oxygen atoms in total. The number of halogens is 1. The molecule has 0 bridgehead atoms. The maximum atomic E-state index is 12.4. The molecule has 0 saturated heterocycles. The van der Waals surface area contributed by atoms with Crippen LogP contribution in [0.4, 0.5) is 5.69 Å². The molecule has 23 heavy (non-hydrogen) atoms. The quantitative estimate of drug-likeness (QED) is 0.862. The highest BCUT2D eigenvalue weighted by atomic mass is 35.5. The molecular weight excluding hydrogens is 318 g/mol. The van der Waals surface area contributed by atoms with Crippen molar-refractivity contribution in [2.24, 2.45) is 5.92 Å². The van der Waals surface area contributed by atoms with Gasteiger partial charge in [-0.25, -0.2) is 0 Å². The summed E-state index contributed by atoms with van der Waals surface area (Å²) in [7, 11) is 3.28. The molecule has 3 amide bonds. The van der Waals surface area contributed by atoms with E-state index in [1.165, 1.54) is 17.9 Å². The molecule has 7 heteroatoms. The molecule has 0 saturated carbocycles. The van der Waals surface area contributed by atoms with Gasteiger partial charge < -0.3 is 15.5 Å². The second-order valence-corrected chi connectivity index (χ2v) is 6.21. The number of nitrogens with one attached hydrogen (secondary N) is 2. The summed E-state index contributed by atoms with van der Waals surface area (Å²) in [5, 5.41) is 5.60. The van der Waals surface area contributed by atoms with Crippen LogP contribution in [0.3, 0.4) is 0 Å². The van der Waals surface area contributed by atoms with Crippen LogP contribution in [-0.4, -0.2) is 42.8 Å². The maximum absolute atomic E-state index is 12.4. The lowest BCUT2D eigenvalue weighted by Gasteiger charge is -2.21. The number of rotatable bonds is 5. The second-order valence-electron chi connectivity index (χ2n) is 5.81. The van der Waals surface area contributed by atoms with Crippen molar-refractivity contribution in [1.29, 1.82) is 0 Å². The largest absolute Gasteiger partial charge is 0.345 e. The summed E-state index contributed by atoms with van der Waals surface area (Å²) in [5.74, 6) is -0.961. The topological polar surface area (TPSA) is 78.5 Å². The van der Waals surface area contributed by atoms with Crippen LogP contribution in [0.25, 0.3) is 0 Å². The molecule has 1 unspecified atom stereocenters. The highest BCUT2D eigenvalue weighted by Gasteiger charge is 2.24. The molecule has 0 aromatic heterocycles. The van der Waals surface area contributed by atoms with Crippen LogP contribution in [0.2, 0.25) is 5.02 Å². The lowest BCUT2D eigenvalue weighted by atomic mass is 10.0. The predicted octanol–water partition coefficient (Wildman–Crippen LogP) is 2.14. The molecule has 1 aromatic carbocycles. The fraction of sp³-hybridized carbons (Fsp3) is 0.438. The molecule has 0 fully saturated rings. The fourth-order valence-electron chi connectivity index (χ4n) is 1.98. The highest BCUT2D eigenvalue weighted by Crippen LogP contribution is 2.24. The summed E-state index contributed by atoms with van der Waals surface area (Å²) in [6, 6.07) is 3.98. The first kappa shape index (κ1) is 19.0. The van der Waals surface area contributed by atoms with Crippen molar-refractivity contribution in [3.8, 4) is 0 Å². The van der Waals surface area contributed by atoms with Gasteiger partial charge in [-0.3, -0.25) is 14.4 Å². The van der Waals surface area contributed by atoms with E-state index in [1.54, 1.807) is 26.2 Å². The normalized spacial score (nSPS) is 11.8. The zero-order valence-electron chi connectivity index (χ0n) is 13.9. The summed E-state index contributed by atoms with van der Waals surface area (Å²) in [6.07, 6.45) is 0. The first-order valence-electron chi connectivity index (χ1n) is 7.22. The molecule has 0 aliphatic carbocycles. The van der Waals surface area contributed by atoms with Gasteiger partial charge in [0.1, 0.15) is 6.04 Å². The monoisotopic (exact) mass is 339 g/mol. The summed E-state index contributed by atoms with van der Waals surface area (Å²) in [5.41, 5.74) is 0.746. The molecular formula is C16H22ClN3O3. The van der Waals surface area contributed by atoms with Gasteiger partial charge in [-0.2, -0.15) is 0 Å². The van der Waals surface area contributed by atoms with E-state index in [-0.39, 0.29) is 23.6 Å². The molecule has 1 atom stereocenters. The van der Waals surface area contributed by atoms with E-state index in [4.69, 9.17) is 11.6 Å². The maximum Gasteiger partial charge on any atom is 0.253 e. The number of carbonyl (C=O) groups excluding carboxylic acids is 3. The Morgan fingerprint density at radius 2 is 1.78 bits per heavy atom. The van der Waals surface area contributed by atoms with Crippen molar-refractivity contribution in [3.05, 3.63) is 28.8 Å². The van der Waals surface area contributed by atoms with Crippen molar-refractivity contribution in [2.75, 3.05) is 19.4 Å². The van der Waals surface area contributed by atoms with E-state index in [2.05, 4.69) is 10.6 Å². The Morgan fingerprint density at radius 1 is 1.17 bits per heavy atom. The Bertz CT molecular complexity index is 615. The Hall–Kier alpha value is -2.08. The molecule has 126 valence electrons. The Morgan fingerprint density at radius 3 is 2.26 bits per heavy atom. The smallest absolute Gasteiger partial charge is 0.253 e. The fourth-order valence-corrected chi connectivity index (χ4v) is 2.14. The minimum atomic E-state index is -0.684. The first-order valence-corrected chi connectivity index (χ1v) is 7.60. The summed E-state index contributed by atoms with van der Waals surface area (Å²) >= 11 is 6.09. The van der Waals surface area contributed by atoms with Crippen LogP contribution in [0, 0.1) is 5.92 Å². The minimum Gasteiger partial charge on any atom is -0.345 e. The number of carbonyl (C=O) groups is 3. The molecule has 0 aliphatic heterocycles. The Labute approximate surface area is 141 Å². The van der Waals surface area contributed by atoms with Gasteiger partial charge in [0.25, 0.3) is 5.91 Å². The van der Waals surface area contributed by atoms with E-state index >= 15 is 0 Å². The summed E-state index contributed by atoms with van der Waals surface area (Å²) in [6.45, 7) is 5.01. The van der Waals surface area contributed by atoms with E-state index < -0.39 is 6.04 Å². The van der Waals surface area contributed by atoms with E-state index in [1.807, 2.05) is 13.8 Å². The molecule has 2 N–H and O–H groups in total. The van der Waals surface area contributed by atoms with Gasteiger partial charge in [-0.15, -0.1) is 0 Å². The van der Waals surface area contributed by atoms with Crippen LogP contribution in [0.15, 0.2) is 18.2 Å². The number of anilines is 1. The third-order valence-electron chi connectivity index (χ3n) is 3.19. The lowest BCUT2D eigenvalue weighted by molar-refractivity contribution is -0.126. The molecule has 0 radical (unpaired) electrons. The predicted molar refractivity (Wildman–Crippen MR) is 90.5 cm³/mol. The van der Waals surface area contributed by atoms with Crippen molar-refractivity contribution in [2.45, 2.75) is 26.8 Å². The highest BCUT2D eigenvalue weighted by molar-refractivity contribution is 6.34. The molecule has 1 rings (SSSR count). The van der Waals surface area contributed by atoms with Crippen LogP contribution in [-0.2, 0) is 9.59 Å². The standard InChI is InChI=1S/C16H22ClN3O3/c1-9(2)14(18-10(3)21)15(22)19-13-8-11(6-7-12(13)17)16(23)20(4)5/h6-9,14H,1-5H3,(H,18,21)(H,19,22). The summed E-state index contributed by atoms with van der Waals surface area (Å²) in [4.78, 5) is 37.0. The van der Waals surface area contributed by atoms with Crippen molar-refractivity contribution in [1.82, 2.24) is 10.2 Å². The molecule has 1 aromatic rings. The third kappa shape index (κ3) is 5.25. The second kappa shape index (κ2) is 7.97. The Kier molecular flexibility index (Phi) is 6.57. The van der Waals surface area contributed by atoms with Crippen LogP contribution < -0.4 is 10.6 Å². The first-order chi connectivity index (χ1) is 10.6. The van der Waals surface area contributed by atoms with Gasteiger partial charge in [0.15, 0.2) is 0 Å². The number of hydrogen-bond acceptors (Lipinski definition) is 3. The number of benzene rings is 1. The average Bonchev–Trinajstić information content (AvgIpc) is 2.45. The SMILES string of the molecule is CC(=O)NC(C(=O)Nc1cc(C(=O)N(C)C)ccc1Cl)C(C)C. The van der Waals surface area contributed by atoms with E-state index in [9.17, 15) is 14.4 Å². The van der Waals surface area contributed by atoms with Gasteiger partial charge in [0.2, 0.25) is 11.8 Å².